The molecular weight excluding hydrogens is 462 g/mol. The fourth-order valence-electron chi connectivity index (χ4n) is 4.83. The first-order chi connectivity index (χ1) is 17.7. The summed E-state index contributed by atoms with van der Waals surface area (Å²) < 4.78 is 9.52. The Morgan fingerprint density at radius 3 is 2.27 bits per heavy atom. The Morgan fingerprint density at radius 2 is 1.54 bits per heavy atom. The Morgan fingerprint density at radius 1 is 0.784 bits per heavy atom. The van der Waals surface area contributed by atoms with E-state index in [2.05, 4.69) is 35.5 Å². The lowest BCUT2D eigenvalue weighted by Crippen LogP contribution is -2.15. The van der Waals surface area contributed by atoms with Crippen molar-refractivity contribution >= 4 is 22.8 Å². The molecule has 0 aliphatic heterocycles. The van der Waals surface area contributed by atoms with Gasteiger partial charge in [-0.25, -0.2) is 9.78 Å². The zero-order valence-corrected chi connectivity index (χ0v) is 21.7. The van der Waals surface area contributed by atoms with Crippen LogP contribution in [0.25, 0.3) is 22.4 Å². The van der Waals surface area contributed by atoms with E-state index >= 15 is 0 Å². The molecule has 0 atom stereocenters. The quantitative estimate of drug-likeness (QED) is 0.204. The van der Waals surface area contributed by atoms with Crippen LogP contribution in [-0.2, 0) is 4.74 Å². The summed E-state index contributed by atoms with van der Waals surface area (Å²) in [6.07, 6.45) is 0. The Balaban J connectivity index is 1.34. The number of carbonyl (C=O) groups is 2. The van der Waals surface area contributed by atoms with Crippen molar-refractivity contribution in [2.45, 2.75) is 34.6 Å². The minimum atomic E-state index is -0.551. The van der Waals surface area contributed by atoms with Gasteiger partial charge >= 0.3 is 5.97 Å². The monoisotopic (exact) mass is 491 g/mol. The number of ketones is 1. The van der Waals surface area contributed by atoms with E-state index < -0.39 is 5.97 Å². The summed E-state index contributed by atoms with van der Waals surface area (Å²) in [7, 11) is 0. The Labute approximate surface area is 216 Å². The lowest BCUT2D eigenvalue weighted by molar-refractivity contribution is 0.0474. The molecule has 0 aliphatic rings. The lowest BCUT2D eigenvalue weighted by atomic mass is 10.1. The van der Waals surface area contributed by atoms with Gasteiger partial charge in [-0.15, -0.1) is 0 Å². The number of benzene rings is 3. The van der Waals surface area contributed by atoms with E-state index in [0.29, 0.717) is 16.6 Å². The molecule has 2 heterocycles. The minimum Gasteiger partial charge on any atom is -0.454 e. The van der Waals surface area contributed by atoms with E-state index in [1.165, 1.54) is 11.1 Å². The second-order valence-corrected chi connectivity index (χ2v) is 9.42. The van der Waals surface area contributed by atoms with Crippen molar-refractivity contribution in [3.8, 4) is 11.4 Å². The van der Waals surface area contributed by atoms with Crippen LogP contribution in [0, 0.1) is 34.6 Å². The van der Waals surface area contributed by atoms with Crippen LogP contribution in [0.4, 0.5) is 0 Å². The topological polar surface area (TPSA) is 66.1 Å². The van der Waals surface area contributed by atoms with Gasteiger partial charge in [-0.2, -0.15) is 0 Å². The molecule has 0 unspecified atom stereocenters. The molecule has 2 aromatic heterocycles. The molecule has 3 aromatic carbocycles. The largest absolute Gasteiger partial charge is 0.454 e. The number of fused-ring (bicyclic) bond motifs is 1. The zero-order valence-electron chi connectivity index (χ0n) is 21.7. The smallest absolute Gasteiger partial charge is 0.338 e. The van der Waals surface area contributed by atoms with Gasteiger partial charge in [0.25, 0.3) is 0 Å². The highest BCUT2D eigenvalue weighted by Crippen LogP contribution is 2.25. The van der Waals surface area contributed by atoms with Gasteiger partial charge in [-0.05, 0) is 94.3 Å². The number of para-hydroxylation sites is 1. The van der Waals surface area contributed by atoms with Crippen molar-refractivity contribution in [2.24, 2.45) is 0 Å². The first kappa shape index (κ1) is 24.3. The molecule has 186 valence electrons. The summed E-state index contributed by atoms with van der Waals surface area (Å²) in [5, 5.41) is 0. The predicted molar refractivity (Wildman–Crippen MR) is 145 cm³/mol. The molecule has 0 amide bonds. The van der Waals surface area contributed by atoms with Crippen LogP contribution in [0.2, 0.25) is 0 Å². The number of nitrogens with zero attached hydrogens (tertiary/aromatic N) is 3. The highest BCUT2D eigenvalue weighted by molar-refractivity contribution is 6.01. The fourth-order valence-corrected chi connectivity index (χ4v) is 4.83. The molecule has 0 spiro atoms. The van der Waals surface area contributed by atoms with Gasteiger partial charge in [-0.3, -0.25) is 9.36 Å². The third-order valence-electron chi connectivity index (χ3n) is 6.89. The Hall–Kier alpha value is -4.45. The van der Waals surface area contributed by atoms with E-state index in [4.69, 9.17) is 4.74 Å². The van der Waals surface area contributed by atoms with Crippen molar-refractivity contribution < 1.29 is 14.3 Å². The number of rotatable bonds is 6. The average Bonchev–Trinajstić information content (AvgIpc) is 3.38. The number of esters is 1. The van der Waals surface area contributed by atoms with Gasteiger partial charge in [0.2, 0.25) is 5.78 Å². The third kappa shape index (κ3) is 4.47. The summed E-state index contributed by atoms with van der Waals surface area (Å²) in [4.78, 5) is 30.5. The van der Waals surface area contributed by atoms with E-state index in [0.717, 1.165) is 34.1 Å². The molecule has 6 nitrogen and oxygen atoms in total. The van der Waals surface area contributed by atoms with Crippen LogP contribution in [0.15, 0.2) is 72.8 Å². The highest BCUT2D eigenvalue weighted by atomic mass is 16.5. The molecule has 0 fully saturated rings. The van der Waals surface area contributed by atoms with Gasteiger partial charge in [-0.1, -0.05) is 24.3 Å². The Kier molecular flexibility index (Phi) is 6.25. The first-order valence-electron chi connectivity index (χ1n) is 12.3. The third-order valence-corrected chi connectivity index (χ3v) is 6.89. The van der Waals surface area contributed by atoms with E-state index in [1.54, 1.807) is 12.1 Å². The van der Waals surface area contributed by atoms with E-state index in [-0.39, 0.29) is 12.4 Å². The van der Waals surface area contributed by atoms with Gasteiger partial charge in [0, 0.05) is 28.3 Å². The fraction of sp³-hybridized carbons (Fsp3) is 0.194. The number of hydrogen-bond acceptors (Lipinski definition) is 4. The molecule has 0 saturated carbocycles. The molecule has 0 N–H and O–H groups in total. The average molecular weight is 492 g/mol. The second-order valence-electron chi connectivity index (χ2n) is 9.42. The second kappa shape index (κ2) is 9.54. The van der Waals surface area contributed by atoms with Crippen LogP contribution in [0.5, 0.6) is 0 Å². The summed E-state index contributed by atoms with van der Waals surface area (Å²) in [6.45, 7) is 9.63. The number of ether oxygens (including phenoxy) is 1. The molecular formula is C31H29N3O3. The summed E-state index contributed by atoms with van der Waals surface area (Å²) in [6, 6.07) is 23.3. The number of carbonyl (C=O) groups excluding carboxylic acids is 2. The minimum absolute atomic E-state index is 0.234. The first-order valence-corrected chi connectivity index (χ1v) is 12.3. The van der Waals surface area contributed by atoms with E-state index in [1.807, 2.05) is 73.9 Å². The van der Waals surface area contributed by atoms with Crippen LogP contribution in [0.3, 0.4) is 0 Å². The number of Topliss-reactive ketones (excluding diaryl/α,β-unsaturated/α-hetero) is 1. The molecule has 0 radical (unpaired) electrons. The zero-order chi connectivity index (χ0) is 26.3. The SMILES string of the molecule is Cc1ccc(-n2c(C)cc(C(=O)COC(=O)c3ccc4c(c3)nc(C)n4-c3ccccc3)c2C)cc1C. The maximum Gasteiger partial charge on any atom is 0.338 e. The number of hydrogen-bond donors (Lipinski definition) is 0. The molecule has 6 heteroatoms. The lowest BCUT2D eigenvalue weighted by Gasteiger charge is -2.12. The molecule has 0 bridgehead atoms. The highest BCUT2D eigenvalue weighted by Gasteiger charge is 2.20. The van der Waals surface area contributed by atoms with Gasteiger partial charge in [0.1, 0.15) is 5.82 Å². The maximum atomic E-state index is 13.0. The molecule has 5 aromatic rings. The van der Waals surface area contributed by atoms with Crippen molar-refractivity contribution in [2.75, 3.05) is 6.61 Å². The Bertz CT molecular complexity index is 1660. The van der Waals surface area contributed by atoms with Gasteiger partial charge in [0.05, 0.1) is 16.6 Å². The van der Waals surface area contributed by atoms with Crippen LogP contribution < -0.4 is 0 Å². The van der Waals surface area contributed by atoms with Crippen LogP contribution in [0.1, 0.15) is 49.1 Å². The summed E-state index contributed by atoms with van der Waals surface area (Å²) in [5.74, 6) is 0.0352. The maximum absolute atomic E-state index is 13.0. The number of aromatic nitrogens is 3. The predicted octanol–water partition coefficient (Wildman–Crippen LogP) is 6.40. The van der Waals surface area contributed by atoms with Gasteiger partial charge < -0.3 is 9.30 Å². The standard InChI is InChI=1S/C31H29N3O3/c1-19-11-13-26(15-20(19)2)33-21(3)16-27(22(33)4)30(35)18-37-31(36)24-12-14-29-28(17-24)32-23(5)34(29)25-9-7-6-8-10-25/h6-17H,18H2,1-5H3. The summed E-state index contributed by atoms with van der Waals surface area (Å²) >= 11 is 0. The van der Waals surface area contributed by atoms with Gasteiger partial charge in [0.15, 0.2) is 6.61 Å². The van der Waals surface area contributed by atoms with Crippen LogP contribution >= 0.6 is 0 Å². The molecule has 37 heavy (non-hydrogen) atoms. The summed E-state index contributed by atoms with van der Waals surface area (Å²) in [5.41, 5.74) is 8.69. The van der Waals surface area contributed by atoms with E-state index in [9.17, 15) is 9.59 Å². The molecule has 0 saturated heterocycles. The molecule has 5 rings (SSSR count). The number of aryl methyl sites for hydroxylation is 4. The van der Waals surface area contributed by atoms with Crippen molar-refractivity contribution in [1.29, 1.82) is 0 Å². The molecule has 0 aliphatic carbocycles. The normalized spacial score (nSPS) is 11.2. The van der Waals surface area contributed by atoms with Crippen molar-refractivity contribution in [1.82, 2.24) is 14.1 Å². The van der Waals surface area contributed by atoms with Crippen LogP contribution in [-0.4, -0.2) is 32.5 Å². The number of imidazole rings is 1. The van der Waals surface area contributed by atoms with Crippen molar-refractivity contribution in [3.63, 3.8) is 0 Å². The van der Waals surface area contributed by atoms with Crippen molar-refractivity contribution in [3.05, 3.63) is 112 Å².